The lowest BCUT2D eigenvalue weighted by Gasteiger charge is -2.07. The van der Waals surface area contributed by atoms with E-state index in [1.807, 2.05) is 48.7 Å². The fourth-order valence-electron chi connectivity index (χ4n) is 3.45. The average molecular weight is 442 g/mol. The summed E-state index contributed by atoms with van der Waals surface area (Å²) in [6.07, 6.45) is 2.08. The van der Waals surface area contributed by atoms with Gasteiger partial charge in [0.05, 0.1) is 17.8 Å². The first-order valence-corrected chi connectivity index (χ1v) is 10.5. The van der Waals surface area contributed by atoms with Gasteiger partial charge in [0, 0.05) is 36.5 Å². The van der Waals surface area contributed by atoms with Crippen molar-refractivity contribution in [2.45, 2.75) is 19.9 Å². The standard InChI is InChI=1S/C26H23FN4O2/c1-18(32)29-23-13-7-19(8-14-23)15-25(33)28-16-21-17-31(24-5-3-2-4-6-24)30-26(21)20-9-11-22(27)12-10-20/h2-14,17H,15-16H2,1H3,(H,28,33)(H,29,32). The fraction of sp³-hybridized carbons (Fsp3) is 0.115. The van der Waals surface area contributed by atoms with Crippen molar-refractivity contribution in [2.24, 2.45) is 0 Å². The van der Waals surface area contributed by atoms with Gasteiger partial charge in [-0.25, -0.2) is 9.07 Å². The van der Waals surface area contributed by atoms with E-state index < -0.39 is 0 Å². The molecule has 0 saturated heterocycles. The van der Waals surface area contributed by atoms with E-state index in [0.29, 0.717) is 11.4 Å². The van der Waals surface area contributed by atoms with Crippen LogP contribution in [0.15, 0.2) is 85.1 Å². The molecule has 0 bridgehead atoms. The maximum Gasteiger partial charge on any atom is 0.224 e. The van der Waals surface area contributed by atoms with Gasteiger partial charge in [0.2, 0.25) is 11.8 Å². The maximum absolute atomic E-state index is 13.4. The van der Waals surface area contributed by atoms with E-state index in [1.165, 1.54) is 19.1 Å². The predicted octanol–water partition coefficient (Wildman–Crippen LogP) is 4.50. The molecule has 4 rings (SSSR count). The number of carbonyl (C=O) groups excluding carboxylic acids is 2. The SMILES string of the molecule is CC(=O)Nc1ccc(CC(=O)NCc2cn(-c3ccccc3)nc2-c2ccc(F)cc2)cc1. The summed E-state index contributed by atoms with van der Waals surface area (Å²) in [5.41, 5.74) is 4.67. The molecular formula is C26H23FN4O2. The Morgan fingerprint density at radius 3 is 2.30 bits per heavy atom. The molecule has 166 valence electrons. The zero-order chi connectivity index (χ0) is 23.2. The van der Waals surface area contributed by atoms with Gasteiger partial charge in [-0.15, -0.1) is 0 Å². The smallest absolute Gasteiger partial charge is 0.224 e. The Balaban J connectivity index is 1.49. The summed E-state index contributed by atoms with van der Waals surface area (Å²) >= 11 is 0. The summed E-state index contributed by atoms with van der Waals surface area (Å²) in [7, 11) is 0. The Bertz CT molecular complexity index is 1250. The summed E-state index contributed by atoms with van der Waals surface area (Å²) < 4.78 is 15.2. The molecule has 2 amide bonds. The van der Waals surface area contributed by atoms with Crippen molar-refractivity contribution >= 4 is 17.5 Å². The normalized spacial score (nSPS) is 10.6. The molecule has 1 aromatic heterocycles. The van der Waals surface area contributed by atoms with Crippen molar-refractivity contribution in [1.29, 1.82) is 0 Å². The van der Waals surface area contributed by atoms with Crippen LogP contribution in [-0.2, 0) is 22.6 Å². The molecule has 2 N–H and O–H groups in total. The highest BCUT2D eigenvalue weighted by atomic mass is 19.1. The van der Waals surface area contributed by atoms with Gasteiger partial charge in [-0.1, -0.05) is 30.3 Å². The van der Waals surface area contributed by atoms with Crippen molar-refractivity contribution in [3.05, 3.63) is 102 Å². The molecule has 7 heteroatoms. The zero-order valence-electron chi connectivity index (χ0n) is 18.1. The minimum Gasteiger partial charge on any atom is -0.352 e. The van der Waals surface area contributed by atoms with Crippen LogP contribution >= 0.6 is 0 Å². The fourth-order valence-corrected chi connectivity index (χ4v) is 3.45. The van der Waals surface area contributed by atoms with Crippen LogP contribution in [0, 0.1) is 5.82 Å². The minimum atomic E-state index is -0.319. The molecule has 1 heterocycles. The third-order valence-corrected chi connectivity index (χ3v) is 5.04. The number of rotatable bonds is 7. The number of para-hydroxylation sites is 1. The Morgan fingerprint density at radius 2 is 1.64 bits per heavy atom. The minimum absolute atomic E-state index is 0.139. The van der Waals surface area contributed by atoms with Crippen molar-refractivity contribution in [1.82, 2.24) is 15.1 Å². The van der Waals surface area contributed by atoms with Crippen LogP contribution in [0.5, 0.6) is 0 Å². The molecule has 33 heavy (non-hydrogen) atoms. The summed E-state index contributed by atoms with van der Waals surface area (Å²) in [6.45, 7) is 1.73. The van der Waals surface area contributed by atoms with Crippen molar-refractivity contribution in [2.75, 3.05) is 5.32 Å². The van der Waals surface area contributed by atoms with E-state index in [4.69, 9.17) is 0 Å². The predicted molar refractivity (Wildman–Crippen MR) is 125 cm³/mol. The third-order valence-electron chi connectivity index (χ3n) is 5.04. The Hall–Kier alpha value is -4.26. The number of anilines is 1. The largest absolute Gasteiger partial charge is 0.352 e. The van der Waals surface area contributed by atoms with Crippen LogP contribution in [0.2, 0.25) is 0 Å². The molecule has 0 atom stereocenters. The lowest BCUT2D eigenvalue weighted by Crippen LogP contribution is -2.24. The quantitative estimate of drug-likeness (QED) is 0.443. The van der Waals surface area contributed by atoms with Gasteiger partial charge in [-0.2, -0.15) is 5.10 Å². The first kappa shape index (κ1) is 22.0. The molecule has 0 fully saturated rings. The number of hydrogen-bond acceptors (Lipinski definition) is 3. The van der Waals surface area contributed by atoms with E-state index in [-0.39, 0.29) is 30.6 Å². The molecule has 0 saturated carbocycles. The number of carbonyl (C=O) groups is 2. The van der Waals surface area contributed by atoms with Crippen LogP contribution in [-0.4, -0.2) is 21.6 Å². The molecule has 0 radical (unpaired) electrons. The number of amides is 2. The zero-order valence-corrected chi connectivity index (χ0v) is 18.1. The number of halogens is 1. The molecular weight excluding hydrogens is 419 g/mol. The van der Waals surface area contributed by atoms with Crippen LogP contribution < -0.4 is 10.6 Å². The molecule has 0 aliphatic rings. The lowest BCUT2D eigenvalue weighted by molar-refractivity contribution is -0.120. The lowest BCUT2D eigenvalue weighted by atomic mass is 10.1. The van der Waals surface area contributed by atoms with E-state index in [0.717, 1.165) is 22.4 Å². The number of hydrogen-bond donors (Lipinski definition) is 2. The third kappa shape index (κ3) is 5.71. The van der Waals surface area contributed by atoms with E-state index in [1.54, 1.807) is 28.9 Å². The first-order chi connectivity index (χ1) is 16.0. The average Bonchev–Trinajstić information content (AvgIpc) is 3.24. The summed E-state index contributed by atoms with van der Waals surface area (Å²) in [5, 5.41) is 10.3. The highest BCUT2D eigenvalue weighted by Gasteiger charge is 2.14. The second kappa shape index (κ2) is 9.91. The Morgan fingerprint density at radius 1 is 0.939 bits per heavy atom. The molecule has 0 unspecified atom stereocenters. The molecule has 0 aliphatic carbocycles. The van der Waals surface area contributed by atoms with Crippen molar-refractivity contribution in [3.8, 4) is 16.9 Å². The molecule has 0 spiro atoms. The summed E-state index contributed by atoms with van der Waals surface area (Å²) in [4.78, 5) is 23.7. The Kier molecular flexibility index (Phi) is 6.59. The van der Waals surface area contributed by atoms with E-state index in [9.17, 15) is 14.0 Å². The number of benzene rings is 3. The second-order valence-corrected chi connectivity index (χ2v) is 7.62. The molecule has 4 aromatic rings. The molecule has 6 nitrogen and oxygen atoms in total. The molecule has 3 aromatic carbocycles. The maximum atomic E-state index is 13.4. The van der Waals surface area contributed by atoms with Gasteiger partial charge in [-0.05, 0) is 54.1 Å². The first-order valence-electron chi connectivity index (χ1n) is 10.5. The van der Waals surface area contributed by atoms with Crippen LogP contribution in [0.25, 0.3) is 16.9 Å². The highest BCUT2D eigenvalue weighted by molar-refractivity contribution is 5.88. The summed E-state index contributed by atoms with van der Waals surface area (Å²) in [6, 6.07) is 22.9. The van der Waals surface area contributed by atoms with Crippen molar-refractivity contribution in [3.63, 3.8) is 0 Å². The van der Waals surface area contributed by atoms with Gasteiger partial charge >= 0.3 is 0 Å². The van der Waals surface area contributed by atoms with Crippen molar-refractivity contribution < 1.29 is 14.0 Å². The topological polar surface area (TPSA) is 76.0 Å². The van der Waals surface area contributed by atoms with Crippen LogP contribution in [0.3, 0.4) is 0 Å². The monoisotopic (exact) mass is 442 g/mol. The summed E-state index contributed by atoms with van der Waals surface area (Å²) in [5.74, 6) is -0.603. The number of aromatic nitrogens is 2. The van der Waals surface area contributed by atoms with Gasteiger partial charge in [-0.3, -0.25) is 9.59 Å². The van der Waals surface area contributed by atoms with Gasteiger partial charge < -0.3 is 10.6 Å². The van der Waals surface area contributed by atoms with Gasteiger partial charge in [0.1, 0.15) is 5.82 Å². The highest BCUT2D eigenvalue weighted by Crippen LogP contribution is 2.24. The van der Waals surface area contributed by atoms with Gasteiger partial charge in [0.15, 0.2) is 0 Å². The van der Waals surface area contributed by atoms with Crippen LogP contribution in [0.4, 0.5) is 10.1 Å². The van der Waals surface area contributed by atoms with Gasteiger partial charge in [0.25, 0.3) is 0 Å². The number of nitrogens with zero attached hydrogens (tertiary/aromatic N) is 2. The molecule has 0 aliphatic heterocycles. The Labute approximate surface area is 191 Å². The van der Waals surface area contributed by atoms with Crippen LogP contribution in [0.1, 0.15) is 18.1 Å². The van der Waals surface area contributed by atoms with E-state index in [2.05, 4.69) is 15.7 Å². The second-order valence-electron chi connectivity index (χ2n) is 7.62. The van der Waals surface area contributed by atoms with E-state index >= 15 is 0 Å². The number of nitrogens with one attached hydrogen (secondary N) is 2.